The van der Waals surface area contributed by atoms with Crippen molar-refractivity contribution < 1.29 is 0 Å². The smallest absolute Gasteiger partial charge is 0.112 e. The van der Waals surface area contributed by atoms with Crippen LogP contribution in [0.25, 0.3) is 0 Å². The molecule has 0 aliphatic carbocycles. The highest BCUT2D eigenvalue weighted by atomic mass is 15.0. The third-order valence-electron chi connectivity index (χ3n) is 4.50. The Morgan fingerprint density at radius 1 is 0.842 bits per heavy atom. The first kappa shape index (κ1) is 16.3. The number of imidazole rings is 1. The van der Waals surface area contributed by atoms with E-state index in [0.717, 1.165) is 18.7 Å². The normalized spacial score (nSPS) is 13.9. The van der Waals surface area contributed by atoms with Gasteiger partial charge >= 0.3 is 0 Å². The Labute approximate surface area is 119 Å². The minimum absolute atomic E-state index is 0.0837. The zero-order valence-electron chi connectivity index (χ0n) is 14.4. The van der Waals surface area contributed by atoms with Crippen LogP contribution < -0.4 is 0 Å². The third-order valence-corrected chi connectivity index (χ3v) is 4.50. The predicted molar refractivity (Wildman–Crippen MR) is 83.9 cm³/mol. The standard InChI is InChI=1S/C17H32N2/c1-10-16(6,7)13-12(15(3,4)5)18-14(19-13)17(8,9)11-2/h10-11H2,1-9H3,(H,18,19). The molecule has 1 N–H and O–H groups in total. The lowest BCUT2D eigenvalue weighted by Crippen LogP contribution is -2.23. The number of hydrogen-bond acceptors (Lipinski definition) is 1. The maximum atomic E-state index is 4.98. The van der Waals surface area contributed by atoms with Gasteiger partial charge in [-0.2, -0.15) is 0 Å². The Morgan fingerprint density at radius 2 is 1.32 bits per heavy atom. The average molecular weight is 264 g/mol. The van der Waals surface area contributed by atoms with Crippen molar-refractivity contribution in [3.05, 3.63) is 17.2 Å². The quantitative estimate of drug-likeness (QED) is 0.807. The molecule has 0 fully saturated rings. The van der Waals surface area contributed by atoms with Gasteiger partial charge in [-0.15, -0.1) is 0 Å². The molecule has 0 spiro atoms. The van der Waals surface area contributed by atoms with Gasteiger partial charge in [0.1, 0.15) is 5.82 Å². The van der Waals surface area contributed by atoms with E-state index < -0.39 is 0 Å². The highest BCUT2D eigenvalue weighted by Gasteiger charge is 2.34. The number of nitrogens with one attached hydrogen (secondary N) is 1. The van der Waals surface area contributed by atoms with Gasteiger partial charge in [-0.3, -0.25) is 0 Å². The topological polar surface area (TPSA) is 28.7 Å². The SMILES string of the molecule is CCC(C)(C)c1nc(C(C)(C)C)c(C(C)(C)CC)[nH]1. The van der Waals surface area contributed by atoms with E-state index in [1.165, 1.54) is 11.4 Å². The minimum atomic E-state index is 0.0837. The lowest BCUT2D eigenvalue weighted by atomic mass is 9.79. The molecule has 0 aliphatic heterocycles. The van der Waals surface area contributed by atoms with Crippen LogP contribution in [0.4, 0.5) is 0 Å². The molecular formula is C17H32N2. The van der Waals surface area contributed by atoms with E-state index in [1.807, 2.05) is 0 Å². The number of hydrogen-bond donors (Lipinski definition) is 1. The van der Waals surface area contributed by atoms with Crippen molar-refractivity contribution in [1.82, 2.24) is 9.97 Å². The Hall–Kier alpha value is -0.790. The van der Waals surface area contributed by atoms with E-state index in [2.05, 4.69) is 67.3 Å². The zero-order valence-corrected chi connectivity index (χ0v) is 14.4. The summed E-state index contributed by atoms with van der Waals surface area (Å²) in [7, 11) is 0. The number of H-pyrrole nitrogens is 1. The summed E-state index contributed by atoms with van der Waals surface area (Å²) in [6.45, 7) is 20.4. The molecule has 1 aromatic rings. The Morgan fingerprint density at radius 3 is 1.68 bits per heavy atom. The molecule has 0 aromatic carbocycles. The molecule has 0 unspecified atom stereocenters. The molecule has 2 nitrogen and oxygen atoms in total. The maximum absolute atomic E-state index is 4.98. The highest BCUT2D eigenvalue weighted by Crippen LogP contribution is 2.37. The van der Waals surface area contributed by atoms with Crippen LogP contribution in [0.1, 0.15) is 92.4 Å². The second kappa shape index (κ2) is 4.96. The number of rotatable bonds is 4. The summed E-state index contributed by atoms with van der Waals surface area (Å²) in [5.41, 5.74) is 2.90. The van der Waals surface area contributed by atoms with E-state index >= 15 is 0 Å². The van der Waals surface area contributed by atoms with E-state index in [0.29, 0.717) is 0 Å². The second-order valence-corrected chi connectivity index (χ2v) is 8.03. The summed E-state index contributed by atoms with van der Waals surface area (Å²) in [5.74, 6) is 1.14. The summed E-state index contributed by atoms with van der Waals surface area (Å²) in [6.07, 6.45) is 2.21. The molecule has 1 rings (SSSR count). The van der Waals surface area contributed by atoms with Gasteiger partial charge in [-0.1, -0.05) is 62.3 Å². The van der Waals surface area contributed by atoms with Gasteiger partial charge in [0.2, 0.25) is 0 Å². The van der Waals surface area contributed by atoms with Crippen LogP contribution in [0.3, 0.4) is 0 Å². The molecule has 0 radical (unpaired) electrons. The summed E-state index contributed by atoms with van der Waals surface area (Å²) >= 11 is 0. The fourth-order valence-corrected chi connectivity index (χ4v) is 2.07. The summed E-state index contributed by atoms with van der Waals surface area (Å²) < 4.78 is 0. The van der Waals surface area contributed by atoms with Crippen LogP contribution in [0.15, 0.2) is 0 Å². The maximum Gasteiger partial charge on any atom is 0.112 e. The second-order valence-electron chi connectivity index (χ2n) is 8.03. The van der Waals surface area contributed by atoms with E-state index in [9.17, 15) is 0 Å². The number of nitrogens with zero attached hydrogens (tertiary/aromatic N) is 1. The van der Waals surface area contributed by atoms with Crippen LogP contribution in [0.2, 0.25) is 0 Å². The molecule has 0 aliphatic rings. The van der Waals surface area contributed by atoms with Gasteiger partial charge in [0.05, 0.1) is 5.69 Å². The molecule has 110 valence electrons. The molecule has 1 heterocycles. The fraction of sp³-hybridized carbons (Fsp3) is 0.824. The van der Waals surface area contributed by atoms with E-state index in [4.69, 9.17) is 4.98 Å². The van der Waals surface area contributed by atoms with Crippen molar-refractivity contribution in [2.24, 2.45) is 0 Å². The van der Waals surface area contributed by atoms with Gasteiger partial charge in [0.25, 0.3) is 0 Å². The molecule has 0 saturated carbocycles. The lowest BCUT2D eigenvalue weighted by Gasteiger charge is -2.27. The van der Waals surface area contributed by atoms with Crippen LogP contribution in [0, 0.1) is 0 Å². The van der Waals surface area contributed by atoms with Crippen LogP contribution >= 0.6 is 0 Å². The van der Waals surface area contributed by atoms with Gasteiger partial charge in [0.15, 0.2) is 0 Å². The number of aromatic nitrogens is 2. The predicted octanol–water partition coefficient (Wildman–Crippen LogP) is 5.08. The Bertz CT molecular complexity index is 431. The molecule has 2 heteroatoms. The van der Waals surface area contributed by atoms with Crippen molar-refractivity contribution in [3.8, 4) is 0 Å². The molecular weight excluding hydrogens is 232 g/mol. The van der Waals surface area contributed by atoms with E-state index in [-0.39, 0.29) is 16.2 Å². The van der Waals surface area contributed by atoms with Crippen molar-refractivity contribution in [1.29, 1.82) is 0 Å². The lowest BCUT2D eigenvalue weighted by molar-refractivity contribution is 0.459. The molecule has 19 heavy (non-hydrogen) atoms. The average Bonchev–Trinajstić information content (AvgIpc) is 2.74. The van der Waals surface area contributed by atoms with Crippen LogP contribution in [0.5, 0.6) is 0 Å². The first-order valence-corrected chi connectivity index (χ1v) is 7.57. The zero-order chi connectivity index (χ0) is 15.1. The van der Waals surface area contributed by atoms with Crippen molar-refractivity contribution in [3.63, 3.8) is 0 Å². The first-order chi connectivity index (χ1) is 8.45. The summed E-state index contributed by atoms with van der Waals surface area (Å²) in [6, 6.07) is 0. The van der Waals surface area contributed by atoms with Gasteiger partial charge in [-0.25, -0.2) is 4.98 Å². The molecule has 1 aromatic heterocycles. The minimum Gasteiger partial charge on any atom is -0.345 e. The van der Waals surface area contributed by atoms with Gasteiger partial charge < -0.3 is 4.98 Å². The third kappa shape index (κ3) is 3.21. The number of aromatic amines is 1. The molecule has 0 saturated heterocycles. The van der Waals surface area contributed by atoms with Gasteiger partial charge in [-0.05, 0) is 12.8 Å². The highest BCUT2D eigenvalue weighted by molar-refractivity contribution is 5.30. The summed E-state index contributed by atoms with van der Waals surface area (Å²) in [5, 5.41) is 0. The molecule has 0 bridgehead atoms. The largest absolute Gasteiger partial charge is 0.345 e. The van der Waals surface area contributed by atoms with Crippen LogP contribution in [-0.2, 0) is 16.2 Å². The first-order valence-electron chi connectivity index (χ1n) is 7.57. The van der Waals surface area contributed by atoms with Gasteiger partial charge in [0, 0.05) is 21.9 Å². The fourth-order valence-electron chi connectivity index (χ4n) is 2.07. The van der Waals surface area contributed by atoms with Crippen molar-refractivity contribution >= 4 is 0 Å². The Kier molecular flexibility index (Phi) is 4.24. The van der Waals surface area contributed by atoms with Crippen molar-refractivity contribution in [2.75, 3.05) is 0 Å². The molecule has 0 amide bonds. The van der Waals surface area contributed by atoms with E-state index in [1.54, 1.807) is 0 Å². The van der Waals surface area contributed by atoms with Crippen molar-refractivity contribution in [2.45, 2.75) is 91.4 Å². The molecule has 0 atom stereocenters. The monoisotopic (exact) mass is 264 g/mol. The Balaban J connectivity index is 3.46. The summed E-state index contributed by atoms with van der Waals surface area (Å²) in [4.78, 5) is 8.64. The van der Waals surface area contributed by atoms with Crippen LogP contribution in [-0.4, -0.2) is 9.97 Å².